The first-order valence-corrected chi connectivity index (χ1v) is 8.86. The number of hydrogen-bond donors (Lipinski definition) is 0. The van der Waals surface area contributed by atoms with E-state index < -0.39 is 0 Å². The third kappa shape index (κ3) is 3.40. The number of hydrogen-bond acceptors (Lipinski definition) is 4. The molecule has 0 radical (unpaired) electrons. The van der Waals surface area contributed by atoms with E-state index in [1.165, 1.54) is 10.6 Å². The molecule has 5 nitrogen and oxygen atoms in total. The summed E-state index contributed by atoms with van der Waals surface area (Å²) in [6.45, 7) is 2.04. The third-order valence-corrected chi connectivity index (χ3v) is 4.69. The smallest absolute Gasteiger partial charge is 0.258 e. The van der Waals surface area contributed by atoms with Crippen LogP contribution in [0.25, 0.3) is 0 Å². The number of carbonyl (C=O) groups is 1. The molecule has 136 valence electrons. The summed E-state index contributed by atoms with van der Waals surface area (Å²) in [5.74, 6) is 0.844. The summed E-state index contributed by atoms with van der Waals surface area (Å²) in [6, 6.07) is 13.4. The van der Waals surface area contributed by atoms with Gasteiger partial charge < -0.3 is 9.47 Å². The fourth-order valence-electron chi connectivity index (χ4n) is 3.14. The minimum atomic E-state index is -0.289. The second-order valence-electron chi connectivity index (χ2n) is 6.09. The molecule has 0 spiro atoms. The van der Waals surface area contributed by atoms with Crippen LogP contribution in [0.3, 0.4) is 0 Å². The van der Waals surface area contributed by atoms with Crippen molar-refractivity contribution in [1.82, 2.24) is 5.01 Å². The van der Waals surface area contributed by atoms with Crippen LogP contribution < -0.4 is 9.47 Å². The highest BCUT2D eigenvalue weighted by atomic mass is 35.5. The number of amides is 1. The van der Waals surface area contributed by atoms with Crippen molar-refractivity contribution in [2.45, 2.75) is 19.4 Å². The van der Waals surface area contributed by atoms with E-state index in [9.17, 15) is 4.79 Å². The zero-order chi connectivity index (χ0) is 18.7. The van der Waals surface area contributed by atoms with E-state index in [4.69, 9.17) is 21.1 Å². The molecule has 0 aliphatic carbocycles. The van der Waals surface area contributed by atoms with Crippen LogP contribution in [0.5, 0.6) is 11.5 Å². The minimum Gasteiger partial charge on any atom is -0.493 e. The second-order valence-corrected chi connectivity index (χ2v) is 6.35. The first-order chi connectivity index (χ1) is 12.6. The number of halogens is 1. The summed E-state index contributed by atoms with van der Waals surface area (Å²) < 4.78 is 10.9. The van der Waals surface area contributed by atoms with E-state index in [0.29, 0.717) is 17.9 Å². The van der Waals surface area contributed by atoms with Crippen LogP contribution in [0.15, 0.2) is 47.6 Å². The fourth-order valence-corrected chi connectivity index (χ4v) is 3.26. The van der Waals surface area contributed by atoms with Crippen molar-refractivity contribution in [2.75, 3.05) is 20.1 Å². The van der Waals surface area contributed by atoms with Crippen LogP contribution in [-0.2, 0) is 4.79 Å². The van der Waals surface area contributed by atoms with Crippen molar-refractivity contribution in [3.63, 3.8) is 0 Å². The molecule has 0 saturated carbocycles. The van der Waals surface area contributed by atoms with Gasteiger partial charge in [0.25, 0.3) is 5.91 Å². The Labute approximate surface area is 158 Å². The quantitative estimate of drug-likeness (QED) is 0.747. The molecule has 3 rings (SSSR count). The number of aryl methyl sites for hydroxylation is 1. The average Bonchev–Trinajstić information content (AvgIpc) is 3.12. The summed E-state index contributed by atoms with van der Waals surface area (Å²) in [4.78, 5) is 12.4. The number of para-hydroxylation sites is 1. The second kappa shape index (κ2) is 7.79. The van der Waals surface area contributed by atoms with Crippen LogP contribution in [0, 0.1) is 6.92 Å². The van der Waals surface area contributed by atoms with Crippen molar-refractivity contribution >= 4 is 23.2 Å². The lowest BCUT2D eigenvalue weighted by molar-refractivity contribution is -0.130. The van der Waals surface area contributed by atoms with Gasteiger partial charge in [0.1, 0.15) is 5.88 Å². The lowest BCUT2D eigenvalue weighted by Crippen LogP contribution is -2.28. The molecule has 1 unspecified atom stereocenters. The van der Waals surface area contributed by atoms with E-state index in [2.05, 4.69) is 5.10 Å². The standard InChI is InChI=1S/C20H21ClN2O3/c1-13-7-9-14(10-8-13)16-11-17(23(22-16)19(24)12-21)15-5-4-6-18(25-2)20(15)26-3/h4-10,17H,11-12H2,1-3H3. The summed E-state index contributed by atoms with van der Waals surface area (Å²) in [7, 11) is 3.18. The normalized spacial score (nSPS) is 16.4. The van der Waals surface area contributed by atoms with Gasteiger partial charge in [-0.3, -0.25) is 4.79 Å². The molecule has 1 aliphatic rings. The Morgan fingerprint density at radius 2 is 1.92 bits per heavy atom. The van der Waals surface area contributed by atoms with Crippen molar-refractivity contribution < 1.29 is 14.3 Å². The van der Waals surface area contributed by atoms with Crippen LogP contribution in [-0.4, -0.2) is 36.7 Å². The number of hydrazone groups is 1. The highest BCUT2D eigenvalue weighted by Crippen LogP contribution is 2.41. The Morgan fingerprint density at radius 1 is 1.19 bits per heavy atom. The fraction of sp³-hybridized carbons (Fsp3) is 0.300. The molecule has 1 amide bonds. The summed E-state index contributed by atoms with van der Waals surface area (Å²) in [5, 5.41) is 6.02. The van der Waals surface area contributed by atoms with Gasteiger partial charge in [-0.25, -0.2) is 5.01 Å². The Morgan fingerprint density at radius 3 is 2.54 bits per heavy atom. The Hall–Kier alpha value is -2.53. The maximum atomic E-state index is 12.4. The maximum Gasteiger partial charge on any atom is 0.258 e. The van der Waals surface area contributed by atoms with E-state index in [0.717, 1.165) is 16.8 Å². The van der Waals surface area contributed by atoms with Gasteiger partial charge in [0.05, 0.1) is 26.0 Å². The predicted molar refractivity (Wildman–Crippen MR) is 102 cm³/mol. The van der Waals surface area contributed by atoms with Gasteiger partial charge >= 0.3 is 0 Å². The molecular formula is C20H21ClN2O3. The molecule has 2 aromatic rings. The largest absolute Gasteiger partial charge is 0.493 e. The Balaban J connectivity index is 2.02. The van der Waals surface area contributed by atoms with Crippen molar-refractivity contribution in [3.8, 4) is 11.5 Å². The van der Waals surface area contributed by atoms with Crippen molar-refractivity contribution in [1.29, 1.82) is 0 Å². The molecule has 1 heterocycles. The molecule has 0 saturated heterocycles. The lowest BCUT2D eigenvalue weighted by Gasteiger charge is -2.23. The summed E-state index contributed by atoms with van der Waals surface area (Å²) in [5.41, 5.74) is 3.86. The zero-order valence-corrected chi connectivity index (χ0v) is 15.8. The molecule has 0 aromatic heterocycles. The Kier molecular flexibility index (Phi) is 5.47. The molecule has 0 bridgehead atoms. The minimum absolute atomic E-state index is 0.131. The molecule has 6 heteroatoms. The van der Waals surface area contributed by atoms with Gasteiger partial charge in [-0.2, -0.15) is 5.10 Å². The molecule has 0 fully saturated rings. The number of alkyl halides is 1. The van der Waals surface area contributed by atoms with Crippen LogP contribution in [0.1, 0.15) is 29.2 Å². The Bertz CT molecular complexity index is 833. The number of nitrogens with zero attached hydrogens (tertiary/aromatic N) is 2. The van der Waals surface area contributed by atoms with Crippen LogP contribution >= 0.6 is 11.6 Å². The van der Waals surface area contributed by atoms with Crippen molar-refractivity contribution in [2.24, 2.45) is 5.10 Å². The van der Waals surface area contributed by atoms with Crippen LogP contribution in [0.2, 0.25) is 0 Å². The molecule has 1 aliphatic heterocycles. The molecule has 26 heavy (non-hydrogen) atoms. The number of rotatable bonds is 5. The van der Waals surface area contributed by atoms with Crippen LogP contribution in [0.4, 0.5) is 0 Å². The van der Waals surface area contributed by atoms with E-state index >= 15 is 0 Å². The lowest BCUT2D eigenvalue weighted by atomic mass is 9.97. The van der Waals surface area contributed by atoms with Gasteiger partial charge in [-0.1, -0.05) is 42.0 Å². The predicted octanol–water partition coefficient (Wildman–Crippen LogP) is 3.93. The highest BCUT2D eigenvalue weighted by molar-refractivity contribution is 6.27. The molecule has 0 N–H and O–H groups in total. The first kappa shape index (κ1) is 18.3. The third-order valence-electron chi connectivity index (χ3n) is 4.46. The maximum absolute atomic E-state index is 12.4. The van der Waals surface area contributed by atoms with E-state index in [1.54, 1.807) is 14.2 Å². The molecule has 2 aromatic carbocycles. The highest BCUT2D eigenvalue weighted by Gasteiger charge is 2.35. The van der Waals surface area contributed by atoms with Gasteiger partial charge in [0, 0.05) is 12.0 Å². The van der Waals surface area contributed by atoms with Gasteiger partial charge in [-0.05, 0) is 18.6 Å². The van der Waals surface area contributed by atoms with E-state index in [1.807, 2.05) is 49.4 Å². The number of benzene rings is 2. The van der Waals surface area contributed by atoms with Crippen molar-refractivity contribution in [3.05, 3.63) is 59.2 Å². The number of methoxy groups -OCH3 is 2. The zero-order valence-electron chi connectivity index (χ0n) is 15.0. The molecular weight excluding hydrogens is 352 g/mol. The van der Waals surface area contributed by atoms with E-state index in [-0.39, 0.29) is 17.8 Å². The first-order valence-electron chi connectivity index (χ1n) is 8.32. The SMILES string of the molecule is COc1cccc(C2CC(c3ccc(C)cc3)=NN2C(=O)CCl)c1OC. The van der Waals surface area contributed by atoms with Gasteiger partial charge in [0.2, 0.25) is 0 Å². The molecule has 1 atom stereocenters. The van der Waals surface area contributed by atoms with Gasteiger partial charge in [-0.15, -0.1) is 11.6 Å². The van der Waals surface area contributed by atoms with Gasteiger partial charge in [0.15, 0.2) is 11.5 Å². The average molecular weight is 373 g/mol. The number of ether oxygens (including phenoxy) is 2. The summed E-state index contributed by atoms with van der Waals surface area (Å²) in [6.07, 6.45) is 0.579. The topological polar surface area (TPSA) is 51.1 Å². The number of carbonyl (C=O) groups excluding carboxylic acids is 1. The summed E-state index contributed by atoms with van der Waals surface area (Å²) >= 11 is 5.82. The monoisotopic (exact) mass is 372 g/mol.